The van der Waals surface area contributed by atoms with Crippen LogP contribution in [0.1, 0.15) is 37.8 Å². The van der Waals surface area contributed by atoms with Gasteiger partial charge in [0.1, 0.15) is 11.4 Å². The lowest BCUT2D eigenvalue weighted by atomic mass is 9.73. The molecule has 2 aliphatic rings. The van der Waals surface area contributed by atoms with Gasteiger partial charge in [0.05, 0.1) is 31.8 Å². The Morgan fingerprint density at radius 1 is 1.11 bits per heavy atom. The Kier molecular flexibility index (Phi) is 5.64. The summed E-state index contributed by atoms with van der Waals surface area (Å²) in [4.78, 5) is 30.4. The highest BCUT2D eigenvalue weighted by Gasteiger charge is 2.67. The number of fused-ring (bicyclic) bond motifs is 2. The van der Waals surface area contributed by atoms with Crippen LogP contribution in [0.5, 0.6) is 11.5 Å². The van der Waals surface area contributed by atoms with E-state index in [9.17, 15) is 14.9 Å². The Bertz CT molecular complexity index is 1290. The Labute approximate surface area is 204 Å². The highest BCUT2D eigenvalue weighted by Crippen LogP contribution is 2.59. The molecule has 0 fully saturated rings. The van der Waals surface area contributed by atoms with E-state index in [1.165, 1.54) is 19.1 Å². The smallest absolute Gasteiger partial charge is 0.417 e. The first-order chi connectivity index (χ1) is 16.5. The van der Waals surface area contributed by atoms with Crippen LogP contribution in [-0.2, 0) is 15.1 Å². The van der Waals surface area contributed by atoms with Gasteiger partial charge in [-0.15, -0.1) is 0 Å². The van der Waals surface area contributed by atoms with E-state index in [0.29, 0.717) is 28.3 Å². The van der Waals surface area contributed by atoms with Crippen LogP contribution in [0, 0.1) is 11.3 Å². The normalized spacial score (nSPS) is 21.3. The Hall–Kier alpha value is -4.19. The monoisotopic (exact) mass is 476 g/mol. The number of para-hydroxylation sites is 1. The van der Waals surface area contributed by atoms with E-state index in [-0.39, 0.29) is 11.4 Å². The van der Waals surface area contributed by atoms with Crippen molar-refractivity contribution < 1.29 is 23.8 Å². The molecule has 0 unspecified atom stereocenters. The van der Waals surface area contributed by atoms with Gasteiger partial charge >= 0.3 is 6.09 Å². The summed E-state index contributed by atoms with van der Waals surface area (Å²) in [5.41, 5.74) is 5.77. The van der Waals surface area contributed by atoms with Crippen LogP contribution in [0.15, 0.2) is 53.9 Å². The van der Waals surface area contributed by atoms with Gasteiger partial charge in [-0.25, -0.2) is 9.69 Å². The number of ether oxygens (including phenoxy) is 3. The third-order valence-corrected chi connectivity index (χ3v) is 6.32. The number of benzene rings is 2. The van der Waals surface area contributed by atoms with Crippen LogP contribution >= 0.6 is 0 Å². The second-order valence-corrected chi connectivity index (χ2v) is 9.42. The number of amides is 2. The van der Waals surface area contributed by atoms with E-state index < -0.39 is 29.1 Å². The van der Waals surface area contributed by atoms with E-state index in [1.807, 2.05) is 6.07 Å². The molecule has 1 spiro atoms. The molecular weight excluding hydrogens is 448 g/mol. The molecule has 9 nitrogen and oxygen atoms in total. The average molecular weight is 477 g/mol. The quantitative estimate of drug-likeness (QED) is 0.719. The van der Waals surface area contributed by atoms with Crippen molar-refractivity contribution in [2.45, 2.75) is 37.8 Å². The molecule has 182 valence electrons. The summed E-state index contributed by atoms with van der Waals surface area (Å²) in [7, 11) is 4.65. The predicted molar refractivity (Wildman–Crippen MR) is 129 cm³/mol. The molecule has 0 saturated carbocycles. The first-order valence-corrected chi connectivity index (χ1v) is 11.1. The zero-order valence-corrected chi connectivity index (χ0v) is 20.6. The van der Waals surface area contributed by atoms with Crippen molar-refractivity contribution in [3.63, 3.8) is 0 Å². The Morgan fingerprint density at radius 3 is 2.37 bits per heavy atom. The van der Waals surface area contributed by atoms with Crippen LogP contribution < -0.4 is 20.1 Å². The number of nitrogens with two attached hydrogens (primary N) is 1. The van der Waals surface area contributed by atoms with Crippen LogP contribution in [-0.4, -0.2) is 43.8 Å². The maximum absolute atomic E-state index is 14.2. The summed E-state index contributed by atoms with van der Waals surface area (Å²) in [6.07, 6.45) is -0.816. The van der Waals surface area contributed by atoms with Crippen molar-refractivity contribution in [3.8, 4) is 17.6 Å². The molecule has 0 aliphatic carbocycles. The molecule has 2 atom stereocenters. The van der Waals surface area contributed by atoms with Gasteiger partial charge in [-0.3, -0.25) is 4.79 Å². The SMILES string of the molecule is COc1ccc([C@@H]2C(C#N)=C(N)N(C(=O)OC(C)(C)C)[C@]23C(=O)N(C)c2ccccc23)cc1OC. The maximum atomic E-state index is 14.2. The van der Waals surface area contributed by atoms with Gasteiger partial charge in [0, 0.05) is 18.3 Å². The molecule has 2 aromatic carbocycles. The molecule has 2 aromatic rings. The predicted octanol–water partition coefficient (Wildman–Crippen LogP) is 3.60. The largest absolute Gasteiger partial charge is 0.493 e. The zero-order valence-electron chi connectivity index (χ0n) is 20.6. The van der Waals surface area contributed by atoms with Crippen molar-refractivity contribution in [3.05, 3.63) is 65.0 Å². The number of nitriles is 1. The standard InChI is InChI=1S/C26H28N4O5/c1-25(2,3)35-24(32)30-22(28)16(14-27)21(15-11-12-19(33-5)20(13-15)34-6)26(30)17-9-7-8-10-18(17)29(4)23(26)31/h7-13,21H,28H2,1-6H3/t21-,26+/m1/s1. The van der Waals surface area contributed by atoms with E-state index in [4.69, 9.17) is 19.9 Å². The molecule has 9 heteroatoms. The topological polar surface area (TPSA) is 118 Å². The van der Waals surface area contributed by atoms with Crippen molar-refractivity contribution in [1.29, 1.82) is 5.26 Å². The lowest BCUT2D eigenvalue weighted by molar-refractivity contribution is -0.128. The van der Waals surface area contributed by atoms with Gasteiger partial charge in [-0.1, -0.05) is 24.3 Å². The summed E-state index contributed by atoms with van der Waals surface area (Å²) in [5.74, 6) is -0.548. The number of anilines is 1. The van der Waals surface area contributed by atoms with Crippen molar-refractivity contribution in [2.75, 3.05) is 26.2 Å². The fraction of sp³-hybridized carbons (Fsp3) is 0.346. The molecule has 2 amide bonds. The second-order valence-electron chi connectivity index (χ2n) is 9.42. The molecule has 2 aliphatic heterocycles. The minimum Gasteiger partial charge on any atom is -0.493 e. The molecule has 0 bridgehead atoms. The number of likely N-dealkylation sites (N-methyl/N-ethyl adjacent to an activating group) is 1. The highest BCUT2D eigenvalue weighted by atomic mass is 16.6. The minimum absolute atomic E-state index is 0.0848. The Morgan fingerprint density at radius 2 is 1.77 bits per heavy atom. The summed E-state index contributed by atoms with van der Waals surface area (Å²) in [6.45, 7) is 5.17. The van der Waals surface area contributed by atoms with Gasteiger partial charge in [0.15, 0.2) is 17.0 Å². The number of nitrogens with zero attached hydrogens (tertiary/aromatic N) is 3. The first-order valence-electron chi connectivity index (χ1n) is 11.1. The average Bonchev–Trinajstić information content (AvgIpc) is 3.21. The third kappa shape index (κ3) is 3.36. The van der Waals surface area contributed by atoms with E-state index >= 15 is 0 Å². The van der Waals surface area contributed by atoms with Gasteiger partial charge in [-0.2, -0.15) is 5.26 Å². The third-order valence-electron chi connectivity index (χ3n) is 6.32. The van der Waals surface area contributed by atoms with Gasteiger partial charge in [0.25, 0.3) is 5.91 Å². The molecule has 35 heavy (non-hydrogen) atoms. The lowest BCUT2D eigenvalue weighted by Gasteiger charge is -2.39. The number of hydrogen-bond donors (Lipinski definition) is 1. The van der Waals surface area contributed by atoms with E-state index in [0.717, 1.165) is 4.90 Å². The summed E-state index contributed by atoms with van der Waals surface area (Å²) in [5, 5.41) is 10.2. The number of carbonyl (C=O) groups is 2. The number of rotatable bonds is 3. The first kappa shape index (κ1) is 24.0. The summed E-state index contributed by atoms with van der Waals surface area (Å²) < 4.78 is 16.5. The summed E-state index contributed by atoms with van der Waals surface area (Å²) in [6, 6.07) is 14.4. The van der Waals surface area contributed by atoms with Crippen molar-refractivity contribution in [1.82, 2.24) is 4.90 Å². The van der Waals surface area contributed by atoms with Crippen molar-refractivity contribution in [2.24, 2.45) is 5.73 Å². The van der Waals surface area contributed by atoms with E-state index in [1.54, 1.807) is 64.2 Å². The van der Waals surface area contributed by atoms with Gasteiger partial charge in [0.2, 0.25) is 0 Å². The van der Waals surface area contributed by atoms with E-state index in [2.05, 4.69) is 6.07 Å². The highest BCUT2D eigenvalue weighted by molar-refractivity contribution is 6.11. The number of methoxy groups -OCH3 is 2. The fourth-order valence-corrected chi connectivity index (χ4v) is 4.97. The zero-order chi connectivity index (χ0) is 25.7. The van der Waals surface area contributed by atoms with Crippen LogP contribution in [0.25, 0.3) is 0 Å². The maximum Gasteiger partial charge on any atom is 0.417 e. The molecular formula is C26H28N4O5. The lowest BCUT2D eigenvalue weighted by Crippen LogP contribution is -2.56. The molecule has 0 saturated heterocycles. The number of hydrogen-bond acceptors (Lipinski definition) is 7. The summed E-state index contributed by atoms with van der Waals surface area (Å²) >= 11 is 0. The van der Waals surface area contributed by atoms with Crippen molar-refractivity contribution >= 4 is 17.7 Å². The molecule has 4 rings (SSSR count). The molecule has 0 aromatic heterocycles. The molecule has 2 N–H and O–H groups in total. The minimum atomic E-state index is -1.66. The van der Waals surface area contributed by atoms with Gasteiger partial charge < -0.3 is 24.8 Å². The fourth-order valence-electron chi connectivity index (χ4n) is 4.97. The van der Waals surface area contributed by atoms with Crippen LogP contribution in [0.2, 0.25) is 0 Å². The molecule has 0 radical (unpaired) electrons. The Balaban J connectivity index is 2.06. The van der Waals surface area contributed by atoms with Crippen LogP contribution in [0.3, 0.4) is 0 Å². The number of carbonyl (C=O) groups excluding carboxylic acids is 2. The second kappa shape index (κ2) is 8.24. The van der Waals surface area contributed by atoms with Crippen LogP contribution in [0.4, 0.5) is 10.5 Å². The van der Waals surface area contributed by atoms with Gasteiger partial charge in [-0.05, 0) is 44.5 Å². The molecule has 2 heterocycles.